The number of rotatable bonds is 2. The van der Waals surface area contributed by atoms with E-state index in [4.69, 9.17) is 5.11 Å². The van der Waals surface area contributed by atoms with Gasteiger partial charge >= 0.3 is 5.97 Å². The molecular weight excluding hydrogens is 262 g/mol. The Morgan fingerprint density at radius 3 is 2.87 bits per heavy atom. The van der Waals surface area contributed by atoms with Crippen LogP contribution in [0.5, 0.6) is 0 Å². The number of carbonyl (C=O) groups is 1. The lowest BCUT2D eigenvalue weighted by Crippen LogP contribution is -1.96. The van der Waals surface area contributed by atoms with Gasteiger partial charge in [0.25, 0.3) is 0 Å². The minimum Gasteiger partial charge on any atom is -0.478 e. The van der Waals surface area contributed by atoms with Crippen molar-refractivity contribution in [3.8, 4) is 11.3 Å². The molecule has 0 aliphatic rings. The van der Waals surface area contributed by atoms with Gasteiger partial charge < -0.3 is 5.11 Å². The van der Waals surface area contributed by atoms with Crippen molar-refractivity contribution >= 4 is 21.9 Å². The zero-order chi connectivity index (χ0) is 10.8. The van der Waals surface area contributed by atoms with E-state index in [9.17, 15) is 4.79 Å². The summed E-state index contributed by atoms with van der Waals surface area (Å²) in [6.45, 7) is 0. The largest absolute Gasteiger partial charge is 0.478 e. The molecule has 2 N–H and O–H groups in total. The standard InChI is InChI=1S/C9H6BrN3O2/c10-6-1-5(2-11-3-6)8-7(9(14)15)4-12-13-8/h1-4H,(H,12,13)(H,14,15). The first kappa shape index (κ1) is 9.85. The van der Waals surface area contributed by atoms with Gasteiger partial charge in [-0.15, -0.1) is 0 Å². The van der Waals surface area contributed by atoms with Crippen LogP contribution in [0, 0.1) is 0 Å². The van der Waals surface area contributed by atoms with Crippen LogP contribution in [-0.4, -0.2) is 26.3 Å². The molecule has 0 spiro atoms. The molecule has 0 unspecified atom stereocenters. The summed E-state index contributed by atoms with van der Waals surface area (Å²) in [6, 6.07) is 1.77. The predicted molar refractivity (Wildman–Crippen MR) is 56.5 cm³/mol. The Balaban J connectivity index is 2.54. The lowest BCUT2D eigenvalue weighted by atomic mass is 10.1. The summed E-state index contributed by atoms with van der Waals surface area (Å²) in [6.07, 6.45) is 4.48. The molecule has 2 aromatic heterocycles. The van der Waals surface area contributed by atoms with Gasteiger partial charge in [0.15, 0.2) is 0 Å². The molecule has 2 heterocycles. The van der Waals surface area contributed by atoms with Crippen LogP contribution in [0.3, 0.4) is 0 Å². The number of carboxylic acids is 1. The van der Waals surface area contributed by atoms with Crippen LogP contribution < -0.4 is 0 Å². The summed E-state index contributed by atoms with van der Waals surface area (Å²) in [5.41, 5.74) is 1.27. The molecule has 5 nitrogen and oxygen atoms in total. The van der Waals surface area contributed by atoms with Gasteiger partial charge in [-0.25, -0.2) is 4.79 Å². The SMILES string of the molecule is O=C(O)c1cn[nH]c1-c1cncc(Br)c1. The second-order valence-electron chi connectivity index (χ2n) is 2.86. The minimum atomic E-state index is -1.02. The van der Waals surface area contributed by atoms with E-state index in [-0.39, 0.29) is 5.56 Å². The number of pyridine rings is 1. The average molecular weight is 268 g/mol. The van der Waals surface area contributed by atoms with E-state index < -0.39 is 5.97 Å². The van der Waals surface area contributed by atoms with Crippen molar-refractivity contribution in [2.45, 2.75) is 0 Å². The Bertz CT molecular complexity index is 510. The first-order valence-corrected chi connectivity index (χ1v) is 4.85. The summed E-state index contributed by atoms with van der Waals surface area (Å²) >= 11 is 3.27. The molecule has 2 aromatic rings. The van der Waals surface area contributed by atoms with Crippen LogP contribution in [0.4, 0.5) is 0 Å². The predicted octanol–water partition coefficient (Wildman–Crippen LogP) is 1.93. The molecule has 0 amide bonds. The van der Waals surface area contributed by atoms with Crippen molar-refractivity contribution in [3.63, 3.8) is 0 Å². The summed E-state index contributed by atoms with van der Waals surface area (Å²) in [5.74, 6) is -1.02. The van der Waals surface area contributed by atoms with Crippen molar-refractivity contribution in [2.24, 2.45) is 0 Å². The number of nitrogens with zero attached hydrogens (tertiary/aromatic N) is 2. The van der Waals surface area contributed by atoms with E-state index in [1.807, 2.05) is 0 Å². The number of aromatic nitrogens is 3. The lowest BCUT2D eigenvalue weighted by Gasteiger charge is -1.99. The van der Waals surface area contributed by atoms with Crippen molar-refractivity contribution in [2.75, 3.05) is 0 Å². The molecule has 0 aromatic carbocycles. The highest BCUT2D eigenvalue weighted by Gasteiger charge is 2.14. The van der Waals surface area contributed by atoms with E-state index in [0.29, 0.717) is 11.3 Å². The van der Waals surface area contributed by atoms with Crippen molar-refractivity contribution in [1.29, 1.82) is 0 Å². The molecule has 0 fully saturated rings. The normalized spacial score (nSPS) is 10.2. The molecule has 0 saturated carbocycles. The van der Waals surface area contributed by atoms with Gasteiger partial charge in [-0.05, 0) is 22.0 Å². The summed E-state index contributed by atoms with van der Waals surface area (Å²) < 4.78 is 0.783. The number of aromatic amines is 1. The van der Waals surface area contributed by atoms with Crippen LogP contribution in [0.2, 0.25) is 0 Å². The molecule has 76 valence electrons. The Labute approximate surface area is 93.3 Å². The molecule has 0 bridgehead atoms. The minimum absolute atomic E-state index is 0.134. The molecule has 0 radical (unpaired) electrons. The van der Waals surface area contributed by atoms with Crippen LogP contribution in [0.25, 0.3) is 11.3 Å². The Morgan fingerprint density at radius 1 is 1.40 bits per heavy atom. The van der Waals surface area contributed by atoms with Crippen LogP contribution in [-0.2, 0) is 0 Å². The van der Waals surface area contributed by atoms with Crippen LogP contribution >= 0.6 is 15.9 Å². The van der Waals surface area contributed by atoms with E-state index >= 15 is 0 Å². The van der Waals surface area contributed by atoms with Crippen molar-refractivity contribution in [1.82, 2.24) is 15.2 Å². The maximum atomic E-state index is 10.8. The Kier molecular flexibility index (Phi) is 2.51. The third-order valence-electron chi connectivity index (χ3n) is 1.86. The fourth-order valence-electron chi connectivity index (χ4n) is 1.22. The summed E-state index contributed by atoms with van der Waals surface area (Å²) in [5, 5.41) is 15.2. The molecule has 0 aliphatic heterocycles. The monoisotopic (exact) mass is 267 g/mol. The molecule has 2 rings (SSSR count). The van der Waals surface area contributed by atoms with Gasteiger partial charge in [0.1, 0.15) is 5.56 Å². The lowest BCUT2D eigenvalue weighted by molar-refractivity contribution is 0.0698. The number of H-pyrrole nitrogens is 1. The highest BCUT2D eigenvalue weighted by Crippen LogP contribution is 2.22. The average Bonchev–Trinajstić information content (AvgIpc) is 2.65. The number of hydrogen-bond acceptors (Lipinski definition) is 3. The number of carboxylic acid groups (broad SMARTS) is 1. The van der Waals surface area contributed by atoms with E-state index in [1.54, 1.807) is 18.5 Å². The Hall–Kier alpha value is -1.69. The number of nitrogens with one attached hydrogen (secondary N) is 1. The first-order chi connectivity index (χ1) is 7.18. The third kappa shape index (κ3) is 1.89. The number of aromatic carboxylic acids is 1. The van der Waals surface area contributed by atoms with E-state index in [0.717, 1.165) is 4.47 Å². The zero-order valence-electron chi connectivity index (χ0n) is 7.44. The zero-order valence-corrected chi connectivity index (χ0v) is 9.02. The maximum Gasteiger partial charge on any atom is 0.339 e. The highest BCUT2D eigenvalue weighted by atomic mass is 79.9. The maximum absolute atomic E-state index is 10.8. The van der Waals surface area contributed by atoms with Crippen LogP contribution in [0.1, 0.15) is 10.4 Å². The van der Waals surface area contributed by atoms with Gasteiger partial charge in [0.05, 0.1) is 11.9 Å². The van der Waals surface area contributed by atoms with E-state index in [2.05, 4.69) is 31.1 Å². The van der Waals surface area contributed by atoms with Crippen LogP contribution in [0.15, 0.2) is 29.1 Å². The highest BCUT2D eigenvalue weighted by molar-refractivity contribution is 9.10. The second-order valence-corrected chi connectivity index (χ2v) is 3.77. The summed E-state index contributed by atoms with van der Waals surface area (Å²) in [7, 11) is 0. The third-order valence-corrected chi connectivity index (χ3v) is 2.30. The number of hydrogen-bond donors (Lipinski definition) is 2. The fraction of sp³-hybridized carbons (Fsp3) is 0. The summed E-state index contributed by atoms with van der Waals surface area (Å²) in [4.78, 5) is 14.8. The van der Waals surface area contributed by atoms with Gasteiger partial charge in [-0.2, -0.15) is 5.10 Å². The van der Waals surface area contributed by atoms with Gasteiger partial charge in [0.2, 0.25) is 0 Å². The fourth-order valence-corrected chi connectivity index (χ4v) is 1.58. The van der Waals surface area contributed by atoms with E-state index in [1.165, 1.54) is 6.20 Å². The molecule has 15 heavy (non-hydrogen) atoms. The number of halogens is 1. The molecule has 0 atom stereocenters. The molecule has 0 saturated heterocycles. The second kappa shape index (κ2) is 3.82. The molecule has 6 heteroatoms. The quantitative estimate of drug-likeness (QED) is 0.872. The molecular formula is C9H6BrN3O2. The van der Waals surface area contributed by atoms with Crippen molar-refractivity contribution < 1.29 is 9.90 Å². The van der Waals surface area contributed by atoms with Gasteiger partial charge in [-0.3, -0.25) is 10.1 Å². The smallest absolute Gasteiger partial charge is 0.339 e. The molecule has 0 aliphatic carbocycles. The van der Waals surface area contributed by atoms with Gasteiger partial charge in [-0.1, -0.05) is 0 Å². The topological polar surface area (TPSA) is 78.9 Å². The van der Waals surface area contributed by atoms with Crippen molar-refractivity contribution in [3.05, 3.63) is 34.7 Å². The van der Waals surface area contributed by atoms with Gasteiger partial charge in [0, 0.05) is 22.4 Å². The Morgan fingerprint density at radius 2 is 2.20 bits per heavy atom. The first-order valence-electron chi connectivity index (χ1n) is 4.06.